The molecule has 5 nitrogen and oxygen atoms in total. The lowest BCUT2D eigenvalue weighted by atomic mass is 10.1. The molecule has 0 fully saturated rings. The van der Waals surface area contributed by atoms with E-state index in [0.717, 1.165) is 11.1 Å². The van der Waals surface area contributed by atoms with Crippen LogP contribution in [-0.2, 0) is 11.3 Å². The molecule has 0 aliphatic carbocycles. The van der Waals surface area contributed by atoms with Gasteiger partial charge in [-0.3, -0.25) is 4.79 Å². The van der Waals surface area contributed by atoms with Gasteiger partial charge in [0, 0.05) is 28.2 Å². The van der Waals surface area contributed by atoms with Crippen LogP contribution in [0.25, 0.3) is 6.08 Å². The normalized spacial score (nSPS) is 10.7. The van der Waals surface area contributed by atoms with Crippen LogP contribution in [0, 0.1) is 0 Å². The first kappa shape index (κ1) is 15.2. The Balaban J connectivity index is 2.05. The molecule has 0 aliphatic heterocycles. The number of hydrogen-bond acceptors (Lipinski definition) is 4. The van der Waals surface area contributed by atoms with Gasteiger partial charge in [0.2, 0.25) is 0 Å². The van der Waals surface area contributed by atoms with Crippen LogP contribution in [0.2, 0.25) is 5.02 Å². The molecule has 1 amide bonds. The highest BCUT2D eigenvalue weighted by Crippen LogP contribution is 2.19. The Morgan fingerprint density at radius 3 is 2.86 bits per heavy atom. The van der Waals surface area contributed by atoms with Crippen LogP contribution >= 0.6 is 22.9 Å². The molecule has 1 aromatic carbocycles. The van der Waals surface area contributed by atoms with Gasteiger partial charge in [0.1, 0.15) is 5.01 Å². The zero-order chi connectivity index (χ0) is 15.2. The predicted molar refractivity (Wildman–Crippen MR) is 81.4 cm³/mol. The minimum absolute atomic E-state index is 0.263. The number of nitrogens with zero attached hydrogens (tertiary/aromatic N) is 1. The van der Waals surface area contributed by atoms with Crippen LogP contribution in [0.3, 0.4) is 0 Å². The van der Waals surface area contributed by atoms with Gasteiger partial charge < -0.3 is 10.4 Å². The summed E-state index contributed by atoms with van der Waals surface area (Å²) in [5.74, 6) is -1.32. The molecule has 2 N–H and O–H groups in total. The third kappa shape index (κ3) is 4.40. The Morgan fingerprint density at radius 1 is 1.43 bits per heavy atom. The maximum Gasteiger partial charge on any atom is 0.328 e. The lowest BCUT2D eigenvalue weighted by Crippen LogP contribution is -2.22. The van der Waals surface area contributed by atoms with Crippen molar-refractivity contribution in [2.75, 3.05) is 0 Å². The summed E-state index contributed by atoms with van der Waals surface area (Å²) in [4.78, 5) is 26.5. The summed E-state index contributed by atoms with van der Waals surface area (Å²) in [7, 11) is 0. The van der Waals surface area contributed by atoms with Gasteiger partial charge in [0.15, 0.2) is 0 Å². The highest BCUT2D eigenvalue weighted by Gasteiger charge is 2.08. The second-order valence-electron chi connectivity index (χ2n) is 4.02. The van der Waals surface area contributed by atoms with Crippen LogP contribution in [0.15, 0.2) is 35.9 Å². The number of aliphatic carboxylic acids is 1. The average molecular weight is 323 g/mol. The highest BCUT2D eigenvalue weighted by atomic mass is 35.5. The van der Waals surface area contributed by atoms with Crippen molar-refractivity contribution in [3.63, 3.8) is 0 Å². The molecule has 0 unspecified atom stereocenters. The summed E-state index contributed by atoms with van der Waals surface area (Å²) >= 11 is 7.48. The molecule has 1 aromatic heterocycles. The molecule has 2 aromatic rings. The number of hydrogen-bond donors (Lipinski definition) is 2. The molecular formula is C14H11ClN2O3S. The number of rotatable bonds is 5. The molecule has 0 saturated carbocycles. The lowest BCUT2D eigenvalue weighted by Gasteiger charge is -2.05. The van der Waals surface area contributed by atoms with Gasteiger partial charge in [0.25, 0.3) is 5.91 Å². The van der Waals surface area contributed by atoms with E-state index in [2.05, 4.69) is 10.3 Å². The summed E-state index contributed by atoms with van der Waals surface area (Å²) in [5.41, 5.74) is 0.944. The largest absolute Gasteiger partial charge is 0.478 e. The number of aromatic nitrogens is 1. The zero-order valence-corrected chi connectivity index (χ0v) is 12.3. The van der Waals surface area contributed by atoms with Gasteiger partial charge in [-0.2, -0.15) is 0 Å². The molecule has 21 heavy (non-hydrogen) atoms. The maximum absolute atomic E-state index is 12.0. The van der Waals surface area contributed by atoms with Crippen molar-refractivity contribution in [2.24, 2.45) is 0 Å². The Morgan fingerprint density at radius 2 is 2.24 bits per heavy atom. The standard InChI is InChI=1S/C14H11ClN2O3S/c15-11-7-10(2-1-9(11)3-4-13(18)19)14(20)17-8-12-16-5-6-21-12/h1-7H,8H2,(H,17,20)(H,18,19)/b4-3+. The second kappa shape index (κ2) is 7.01. The summed E-state index contributed by atoms with van der Waals surface area (Å²) in [5, 5.41) is 14.3. The van der Waals surface area contributed by atoms with Gasteiger partial charge in [-0.25, -0.2) is 9.78 Å². The molecule has 108 valence electrons. The minimum Gasteiger partial charge on any atom is -0.478 e. The molecule has 0 atom stereocenters. The molecule has 2 rings (SSSR count). The topological polar surface area (TPSA) is 79.3 Å². The zero-order valence-electron chi connectivity index (χ0n) is 10.7. The van der Waals surface area contributed by atoms with Crippen molar-refractivity contribution in [1.29, 1.82) is 0 Å². The van der Waals surface area contributed by atoms with E-state index in [1.54, 1.807) is 18.3 Å². The minimum atomic E-state index is -1.06. The number of benzene rings is 1. The molecule has 0 spiro atoms. The number of nitrogens with one attached hydrogen (secondary N) is 1. The van der Waals surface area contributed by atoms with Crippen LogP contribution < -0.4 is 5.32 Å². The van der Waals surface area contributed by atoms with Crippen LogP contribution in [0.4, 0.5) is 0 Å². The Hall–Kier alpha value is -2.18. The smallest absolute Gasteiger partial charge is 0.328 e. The van der Waals surface area contributed by atoms with Gasteiger partial charge in [-0.15, -0.1) is 11.3 Å². The fourth-order valence-electron chi connectivity index (χ4n) is 1.56. The van der Waals surface area contributed by atoms with Crippen LogP contribution in [0.1, 0.15) is 20.9 Å². The number of carbonyl (C=O) groups excluding carboxylic acids is 1. The van der Waals surface area contributed by atoms with Crippen molar-refractivity contribution in [3.05, 3.63) is 57.0 Å². The fraction of sp³-hybridized carbons (Fsp3) is 0.0714. The Labute approximate surface area is 129 Å². The van der Waals surface area contributed by atoms with Gasteiger partial charge in [-0.1, -0.05) is 17.7 Å². The van der Waals surface area contributed by atoms with E-state index in [0.29, 0.717) is 22.7 Å². The SMILES string of the molecule is O=C(O)/C=C/c1ccc(C(=O)NCc2nccs2)cc1Cl. The molecule has 1 heterocycles. The summed E-state index contributed by atoms with van der Waals surface area (Å²) in [6.07, 6.45) is 4.04. The molecule has 0 saturated heterocycles. The number of carboxylic acids is 1. The van der Waals surface area contributed by atoms with Crippen molar-refractivity contribution in [1.82, 2.24) is 10.3 Å². The first-order chi connectivity index (χ1) is 10.1. The van der Waals surface area contributed by atoms with E-state index in [-0.39, 0.29) is 5.91 Å². The van der Waals surface area contributed by atoms with E-state index >= 15 is 0 Å². The Bertz CT molecular complexity index is 684. The van der Waals surface area contributed by atoms with E-state index in [1.165, 1.54) is 23.5 Å². The van der Waals surface area contributed by atoms with E-state index in [1.807, 2.05) is 5.38 Å². The third-order valence-corrected chi connectivity index (χ3v) is 3.66. The number of carboxylic acid groups (broad SMARTS) is 1. The van der Waals surface area contributed by atoms with Crippen molar-refractivity contribution in [2.45, 2.75) is 6.54 Å². The summed E-state index contributed by atoms with van der Waals surface area (Å²) in [6, 6.07) is 4.69. The monoisotopic (exact) mass is 322 g/mol. The Kier molecular flexibility index (Phi) is 5.08. The first-order valence-electron chi connectivity index (χ1n) is 5.93. The average Bonchev–Trinajstić information content (AvgIpc) is 2.96. The van der Waals surface area contributed by atoms with Crippen molar-refractivity contribution < 1.29 is 14.7 Å². The lowest BCUT2D eigenvalue weighted by molar-refractivity contribution is -0.131. The van der Waals surface area contributed by atoms with E-state index < -0.39 is 5.97 Å². The van der Waals surface area contributed by atoms with Crippen molar-refractivity contribution >= 4 is 40.9 Å². The van der Waals surface area contributed by atoms with Crippen molar-refractivity contribution in [3.8, 4) is 0 Å². The number of amides is 1. The number of thiazole rings is 1. The van der Waals surface area contributed by atoms with E-state index in [4.69, 9.17) is 16.7 Å². The maximum atomic E-state index is 12.0. The predicted octanol–water partition coefficient (Wildman–Crippen LogP) is 2.82. The van der Waals surface area contributed by atoms with Gasteiger partial charge in [0.05, 0.1) is 6.54 Å². The molecular weight excluding hydrogens is 312 g/mol. The number of carbonyl (C=O) groups is 2. The van der Waals surface area contributed by atoms with Gasteiger partial charge in [-0.05, 0) is 23.8 Å². The summed E-state index contributed by atoms with van der Waals surface area (Å²) < 4.78 is 0. The third-order valence-electron chi connectivity index (χ3n) is 2.55. The first-order valence-corrected chi connectivity index (χ1v) is 7.19. The van der Waals surface area contributed by atoms with E-state index in [9.17, 15) is 9.59 Å². The number of halogens is 1. The van der Waals surface area contributed by atoms with Crippen LogP contribution in [-0.4, -0.2) is 22.0 Å². The molecule has 7 heteroatoms. The van der Waals surface area contributed by atoms with Crippen LogP contribution in [0.5, 0.6) is 0 Å². The molecule has 0 radical (unpaired) electrons. The second-order valence-corrected chi connectivity index (χ2v) is 5.40. The quantitative estimate of drug-likeness (QED) is 0.830. The van der Waals surface area contributed by atoms with Gasteiger partial charge >= 0.3 is 5.97 Å². The highest BCUT2D eigenvalue weighted by molar-refractivity contribution is 7.09. The summed E-state index contributed by atoms with van der Waals surface area (Å²) in [6.45, 7) is 0.356. The molecule has 0 aliphatic rings. The fourth-order valence-corrected chi connectivity index (χ4v) is 2.36. The molecule has 0 bridgehead atoms.